The van der Waals surface area contributed by atoms with Crippen molar-refractivity contribution in [3.8, 4) is 11.1 Å². The number of pyridine rings is 2. The van der Waals surface area contributed by atoms with Crippen LogP contribution in [0.1, 0.15) is 5.56 Å². The van der Waals surface area contributed by atoms with Gasteiger partial charge in [-0.25, -0.2) is 0 Å². The van der Waals surface area contributed by atoms with Crippen molar-refractivity contribution in [3.63, 3.8) is 0 Å². The number of halogens is 1. The Balaban J connectivity index is 1.73. The Morgan fingerprint density at radius 3 is 2.38 bits per heavy atom. The number of hydrogen-bond acceptors (Lipinski definition) is 3. The van der Waals surface area contributed by atoms with E-state index in [-0.39, 0.29) is 0 Å². The zero-order valence-electron chi connectivity index (χ0n) is 11.3. The fourth-order valence-electron chi connectivity index (χ4n) is 2.05. The third kappa shape index (κ3) is 3.58. The highest BCUT2D eigenvalue weighted by atomic mass is 35.5. The van der Waals surface area contributed by atoms with Gasteiger partial charge in [-0.2, -0.15) is 0 Å². The molecule has 0 unspecified atom stereocenters. The van der Waals surface area contributed by atoms with Crippen LogP contribution in [0.4, 0.5) is 5.69 Å². The smallest absolute Gasteiger partial charge is 0.0535 e. The molecule has 2 heterocycles. The summed E-state index contributed by atoms with van der Waals surface area (Å²) in [5, 5.41) is 4.12. The van der Waals surface area contributed by atoms with E-state index in [1.54, 1.807) is 12.4 Å². The van der Waals surface area contributed by atoms with Crippen molar-refractivity contribution in [1.82, 2.24) is 9.97 Å². The maximum absolute atomic E-state index is 5.88. The fraction of sp³-hybridized carbons (Fsp3) is 0.0588. The molecule has 0 atom stereocenters. The van der Waals surface area contributed by atoms with Gasteiger partial charge in [-0.1, -0.05) is 23.7 Å². The zero-order valence-corrected chi connectivity index (χ0v) is 12.1. The maximum atomic E-state index is 5.88. The molecule has 0 saturated carbocycles. The molecule has 3 aromatic rings. The SMILES string of the molecule is Clc1ccc(CNc2cncc(-c3ccncc3)c2)cc1. The number of nitrogens with one attached hydrogen (secondary N) is 1. The third-order valence-corrected chi connectivity index (χ3v) is 3.41. The molecule has 3 rings (SSSR count). The molecule has 0 saturated heterocycles. The van der Waals surface area contributed by atoms with Crippen LogP contribution in [-0.4, -0.2) is 9.97 Å². The zero-order chi connectivity index (χ0) is 14.5. The molecule has 21 heavy (non-hydrogen) atoms. The molecule has 4 heteroatoms. The van der Waals surface area contributed by atoms with E-state index in [0.717, 1.165) is 28.4 Å². The summed E-state index contributed by atoms with van der Waals surface area (Å²) in [5.74, 6) is 0. The largest absolute Gasteiger partial charge is 0.380 e. The van der Waals surface area contributed by atoms with Gasteiger partial charge in [-0.15, -0.1) is 0 Å². The molecule has 0 aliphatic rings. The predicted molar refractivity (Wildman–Crippen MR) is 86.2 cm³/mol. The molecule has 104 valence electrons. The molecular formula is C17H14ClN3. The van der Waals surface area contributed by atoms with Crippen LogP contribution >= 0.6 is 11.6 Å². The number of hydrogen-bond donors (Lipinski definition) is 1. The van der Waals surface area contributed by atoms with Gasteiger partial charge < -0.3 is 5.32 Å². The molecule has 0 radical (unpaired) electrons. The second-order valence-electron chi connectivity index (χ2n) is 4.68. The Kier molecular flexibility index (Phi) is 4.12. The van der Waals surface area contributed by atoms with E-state index in [9.17, 15) is 0 Å². The van der Waals surface area contributed by atoms with Crippen LogP contribution in [0.5, 0.6) is 0 Å². The molecule has 0 bridgehead atoms. The number of nitrogens with zero attached hydrogens (tertiary/aromatic N) is 2. The maximum Gasteiger partial charge on any atom is 0.0535 e. The quantitative estimate of drug-likeness (QED) is 0.775. The van der Waals surface area contributed by atoms with Crippen LogP contribution in [0.2, 0.25) is 5.02 Å². The minimum Gasteiger partial charge on any atom is -0.380 e. The topological polar surface area (TPSA) is 37.8 Å². The van der Waals surface area contributed by atoms with Crippen molar-refractivity contribution in [2.45, 2.75) is 6.54 Å². The van der Waals surface area contributed by atoms with Gasteiger partial charge in [0, 0.05) is 41.9 Å². The van der Waals surface area contributed by atoms with E-state index in [4.69, 9.17) is 11.6 Å². The summed E-state index contributed by atoms with van der Waals surface area (Å²) in [6.07, 6.45) is 7.23. The van der Waals surface area contributed by atoms with Crippen molar-refractivity contribution < 1.29 is 0 Å². The Morgan fingerprint density at radius 1 is 0.857 bits per heavy atom. The molecule has 1 aromatic carbocycles. The third-order valence-electron chi connectivity index (χ3n) is 3.16. The molecular weight excluding hydrogens is 282 g/mol. The van der Waals surface area contributed by atoms with Crippen molar-refractivity contribution >= 4 is 17.3 Å². The summed E-state index contributed by atoms with van der Waals surface area (Å²) in [5.41, 5.74) is 4.33. The Bertz CT molecular complexity index is 712. The second kappa shape index (κ2) is 6.37. The minimum atomic E-state index is 0.735. The Labute approximate surface area is 128 Å². The lowest BCUT2D eigenvalue weighted by Crippen LogP contribution is -1.99. The summed E-state index contributed by atoms with van der Waals surface area (Å²) in [7, 11) is 0. The summed E-state index contributed by atoms with van der Waals surface area (Å²) in [6.45, 7) is 0.735. The van der Waals surface area contributed by atoms with Gasteiger partial charge >= 0.3 is 0 Å². The first-order chi connectivity index (χ1) is 10.3. The molecule has 3 nitrogen and oxygen atoms in total. The van der Waals surface area contributed by atoms with Crippen LogP contribution in [0, 0.1) is 0 Å². The monoisotopic (exact) mass is 295 g/mol. The normalized spacial score (nSPS) is 10.3. The number of rotatable bonds is 4. The summed E-state index contributed by atoms with van der Waals surface area (Å²) >= 11 is 5.88. The van der Waals surface area contributed by atoms with E-state index < -0.39 is 0 Å². The highest BCUT2D eigenvalue weighted by Crippen LogP contribution is 2.21. The minimum absolute atomic E-state index is 0.735. The number of anilines is 1. The molecule has 0 amide bonds. The van der Waals surface area contributed by atoms with Crippen molar-refractivity contribution in [3.05, 3.63) is 77.8 Å². The van der Waals surface area contributed by atoms with Gasteiger partial charge in [0.15, 0.2) is 0 Å². The summed E-state index contributed by atoms with van der Waals surface area (Å²) < 4.78 is 0. The Hall–Kier alpha value is -2.39. The first-order valence-corrected chi connectivity index (χ1v) is 7.03. The predicted octanol–water partition coefficient (Wildman–Crippen LogP) is 4.41. The van der Waals surface area contributed by atoms with Gasteiger partial charge in [0.2, 0.25) is 0 Å². The summed E-state index contributed by atoms with van der Waals surface area (Å²) in [4.78, 5) is 8.31. The molecule has 0 aliphatic carbocycles. The molecule has 1 N–H and O–H groups in total. The van der Waals surface area contributed by atoms with Crippen molar-refractivity contribution in [1.29, 1.82) is 0 Å². The lowest BCUT2D eigenvalue weighted by Gasteiger charge is -2.08. The van der Waals surface area contributed by atoms with E-state index in [2.05, 4.69) is 21.4 Å². The van der Waals surface area contributed by atoms with Crippen LogP contribution in [0.3, 0.4) is 0 Å². The van der Waals surface area contributed by atoms with Crippen LogP contribution < -0.4 is 5.32 Å². The molecule has 2 aromatic heterocycles. The highest BCUT2D eigenvalue weighted by molar-refractivity contribution is 6.30. The van der Waals surface area contributed by atoms with Gasteiger partial charge in [0.25, 0.3) is 0 Å². The van der Waals surface area contributed by atoms with Crippen molar-refractivity contribution in [2.75, 3.05) is 5.32 Å². The fourth-order valence-corrected chi connectivity index (χ4v) is 2.17. The Morgan fingerprint density at radius 2 is 1.62 bits per heavy atom. The van der Waals surface area contributed by atoms with Crippen LogP contribution in [-0.2, 0) is 6.54 Å². The van der Waals surface area contributed by atoms with Crippen LogP contribution in [0.25, 0.3) is 11.1 Å². The number of benzene rings is 1. The van der Waals surface area contributed by atoms with E-state index in [1.807, 2.05) is 48.8 Å². The van der Waals surface area contributed by atoms with Crippen LogP contribution in [0.15, 0.2) is 67.3 Å². The van der Waals surface area contributed by atoms with Crippen molar-refractivity contribution in [2.24, 2.45) is 0 Å². The standard InChI is InChI=1S/C17H14ClN3/c18-16-3-1-13(2-4-16)10-21-17-9-15(11-20-12-17)14-5-7-19-8-6-14/h1-9,11-12,21H,10H2. The van der Waals surface area contributed by atoms with Gasteiger partial charge in [-0.05, 0) is 41.5 Å². The summed E-state index contributed by atoms with van der Waals surface area (Å²) in [6, 6.07) is 13.8. The average molecular weight is 296 g/mol. The van der Waals surface area contributed by atoms with E-state index in [1.165, 1.54) is 5.56 Å². The second-order valence-corrected chi connectivity index (χ2v) is 5.11. The lowest BCUT2D eigenvalue weighted by atomic mass is 10.1. The first-order valence-electron chi connectivity index (χ1n) is 6.65. The molecule has 0 fully saturated rings. The number of aromatic nitrogens is 2. The van der Waals surface area contributed by atoms with Gasteiger partial charge in [-0.3, -0.25) is 9.97 Å². The lowest BCUT2D eigenvalue weighted by molar-refractivity contribution is 1.14. The van der Waals surface area contributed by atoms with E-state index >= 15 is 0 Å². The van der Waals surface area contributed by atoms with Gasteiger partial charge in [0.1, 0.15) is 0 Å². The van der Waals surface area contributed by atoms with E-state index in [0.29, 0.717) is 0 Å². The average Bonchev–Trinajstić information content (AvgIpc) is 2.55. The van der Waals surface area contributed by atoms with Gasteiger partial charge in [0.05, 0.1) is 5.69 Å². The molecule has 0 spiro atoms. The molecule has 0 aliphatic heterocycles. The first kappa shape index (κ1) is 13.6. The highest BCUT2D eigenvalue weighted by Gasteiger charge is 2.00.